The van der Waals surface area contributed by atoms with Crippen molar-refractivity contribution in [3.8, 4) is 0 Å². The molecule has 0 radical (unpaired) electrons. The Morgan fingerprint density at radius 2 is 1.76 bits per heavy atom. The van der Waals surface area contributed by atoms with Gasteiger partial charge in [-0.15, -0.1) is 0 Å². The molecule has 0 spiro atoms. The third-order valence-electron chi connectivity index (χ3n) is 3.14. The highest BCUT2D eigenvalue weighted by molar-refractivity contribution is 8.00. The fourth-order valence-electron chi connectivity index (χ4n) is 2.14. The molecular weight excluding hydrogens is 295 g/mol. The zero-order chi connectivity index (χ0) is 15.7. The van der Waals surface area contributed by atoms with E-state index >= 15 is 0 Å². The lowest BCUT2D eigenvalue weighted by Gasteiger charge is -2.19. The molecule has 1 nitrogen and oxygen atoms in total. The second kappa shape index (κ2) is 9.36. The van der Waals surface area contributed by atoms with Crippen LogP contribution >= 0.6 is 11.8 Å². The number of hydrogen-bond donors (Lipinski definition) is 1. The lowest BCUT2D eigenvalue weighted by molar-refractivity contribution is -0.0328. The van der Waals surface area contributed by atoms with E-state index in [0.717, 1.165) is 19.5 Å². The Morgan fingerprint density at radius 3 is 2.33 bits per heavy atom. The molecule has 0 saturated heterocycles. The van der Waals surface area contributed by atoms with Crippen LogP contribution < -0.4 is 5.32 Å². The quantitative estimate of drug-likeness (QED) is 0.706. The highest BCUT2D eigenvalue weighted by atomic mass is 32.2. The van der Waals surface area contributed by atoms with Gasteiger partial charge in [0.1, 0.15) is 0 Å². The van der Waals surface area contributed by atoms with Gasteiger partial charge in [-0.25, -0.2) is 0 Å². The number of thioether (sulfide) groups is 1. The Hall–Kier alpha value is -0.680. The summed E-state index contributed by atoms with van der Waals surface area (Å²) in [5.41, 5.74) is -2.94. The Bertz CT molecular complexity index is 379. The van der Waals surface area contributed by atoms with E-state index in [9.17, 15) is 13.2 Å². The van der Waals surface area contributed by atoms with E-state index in [1.807, 2.05) is 30.3 Å². The third-order valence-corrected chi connectivity index (χ3v) is 3.91. The number of alkyl halides is 3. The molecule has 120 valence electrons. The summed E-state index contributed by atoms with van der Waals surface area (Å²) in [6.07, 6.45) is 1.40. The van der Waals surface area contributed by atoms with E-state index in [1.54, 1.807) is 0 Å². The maximum Gasteiger partial charge on any atom is 0.441 e. The lowest BCUT2D eigenvalue weighted by atomic mass is 9.96. The standard InChI is InChI=1S/C16H24F3NS/c1-13(2)11-20-12-15(8-9-21-16(17,18)19)10-14-6-4-3-5-7-14/h3-7,13,15,20H,8-12H2,1-2H3. The summed E-state index contributed by atoms with van der Waals surface area (Å²) >= 11 is 0.0844. The molecule has 21 heavy (non-hydrogen) atoms. The molecule has 0 aliphatic carbocycles. The zero-order valence-corrected chi connectivity index (χ0v) is 13.4. The van der Waals surface area contributed by atoms with Crippen LogP contribution in [0.5, 0.6) is 0 Å². The SMILES string of the molecule is CC(C)CNCC(CCSC(F)(F)F)Cc1ccccc1. The average Bonchev–Trinajstić information content (AvgIpc) is 2.37. The largest absolute Gasteiger partial charge is 0.441 e. The minimum atomic E-state index is -4.12. The zero-order valence-electron chi connectivity index (χ0n) is 12.6. The van der Waals surface area contributed by atoms with Crippen LogP contribution in [0.3, 0.4) is 0 Å². The van der Waals surface area contributed by atoms with Crippen LogP contribution in [0.15, 0.2) is 30.3 Å². The summed E-state index contributed by atoms with van der Waals surface area (Å²) in [5, 5.41) is 3.36. The first kappa shape index (κ1) is 18.4. The number of halogens is 3. The van der Waals surface area contributed by atoms with E-state index in [1.165, 1.54) is 5.56 Å². The van der Waals surface area contributed by atoms with Crippen molar-refractivity contribution >= 4 is 11.8 Å². The molecular formula is C16H24F3NS. The maximum atomic E-state index is 12.2. The molecule has 0 fully saturated rings. The van der Waals surface area contributed by atoms with Crippen LogP contribution in [0.25, 0.3) is 0 Å². The van der Waals surface area contributed by atoms with Crippen molar-refractivity contribution in [2.45, 2.75) is 32.2 Å². The molecule has 0 heterocycles. The monoisotopic (exact) mass is 319 g/mol. The first-order chi connectivity index (χ1) is 9.87. The van der Waals surface area contributed by atoms with E-state index in [0.29, 0.717) is 12.3 Å². The summed E-state index contributed by atoms with van der Waals surface area (Å²) in [4.78, 5) is 0. The van der Waals surface area contributed by atoms with Crippen molar-refractivity contribution in [2.24, 2.45) is 11.8 Å². The molecule has 0 bridgehead atoms. The Kier molecular flexibility index (Phi) is 8.19. The molecule has 1 unspecified atom stereocenters. The molecule has 1 aromatic carbocycles. The van der Waals surface area contributed by atoms with E-state index in [-0.39, 0.29) is 23.4 Å². The third kappa shape index (κ3) is 9.80. The van der Waals surface area contributed by atoms with Crippen molar-refractivity contribution in [1.82, 2.24) is 5.32 Å². The Balaban J connectivity index is 2.45. The van der Waals surface area contributed by atoms with E-state index in [4.69, 9.17) is 0 Å². The molecule has 0 aliphatic heterocycles. The highest BCUT2D eigenvalue weighted by Gasteiger charge is 2.28. The van der Waals surface area contributed by atoms with Crippen molar-refractivity contribution in [2.75, 3.05) is 18.8 Å². The smallest absolute Gasteiger partial charge is 0.316 e. The summed E-state index contributed by atoms with van der Waals surface area (Å²) in [6, 6.07) is 9.96. The van der Waals surface area contributed by atoms with Crippen LogP contribution in [-0.2, 0) is 6.42 Å². The van der Waals surface area contributed by atoms with Crippen molar-refractivity contribution < 1.29 is 13.2 Å². The van der Waals surface area contributed by atoms with Gasteiger partial charge in [0.05, 0.1) is 0 Å². The second-order valence-electron chi connectivity index (χ2n) is 5.69. The Labute approximate surface area is 129 Å². The van der Waals surface area contributed by atoms with Crippen LogP contribution in [0.1, 0.15) is 25.8 Å². The molecule has 1 rings (SSSR count). The first-order valence-electron chi connectivity index (χ1n) is 7.32. The lowest BCUT2D eigenvalue weighted by Crippen LogP contribution is -2.28. The molecule has 0 aliphatic rings. The molecule has 5 heteroatoms. The number of hydrogen-bond acceptors (Lipinski definition) is 2. The Morgan fingerprint density at radius 1 is 1.10 bits per heavy atom. The van der Waals surface area contributed by atoms with Crippen molar-refractivity contribution in [3.63, 3.8) is 0 Å². The van der Waals surface area contributed by atoms with Gasteiger partial charge in [-0.2, -0.15) is 13.2 Å². The maximum absolute atomic E-state index is 12.2. The van der Waals surface area contributed by atoms with Gasteiger partial charge >= 0.3 is 5.51 Å². The molecule has 0 aromatic heterocycles. The molecule has 1 N–H and O–H groups in total. The van der Waals surface area contributed by atoms with Gasteiger partial charge in [-0.3, -0.25) is 0 Å². The summed E-state index contributed by atoms with van der Waals surface area (Å²) in [5.74, 6) is 0.914. The van der Waals surface area contributed by atoms with Gasteiger partial charge in [0.2, 0.25) is 0 Å². The van der Waals surface area contributed by atoms with Crippen molar-refractivity contribution in [3.05, 3.63) is 35.9 Å². The fourth-order valence-corrected chi connectivity index (χ4v) is 2.82. The second-order valence-corrected chi connectivity index (χ2v) is 6.85. The predicted octanol–water partition coefficient (Wildman–Crippen LogP) is 4.73. The van der Waals surface area contributed by atoms with Gasteiger partial charge < -0.3 is 5.32 Å². The topological polar surface area (TPSA) is 12.0 Å². The van der Waals surface area contributed by atoms with Gasteiger partial charge in [0.15, 0.2) is 0 Å². The molecule has 1 atom stereocenters. The van der Waals surface area contributed by atoms with Crippen LogP contribution in [-0.4, -0.2) is 24.4 Å². The van der Waals surface area contributed by atoms with Gasteiger partial charge in [-0.1, -0.05) is 55.9 Å². The number of benzene rings is 1. The van der Waals surface area contributed by atoms with E-state index < -0.39 is 5.51 Å². The van der Waals surface area contributed by atoms with Gasteiger partial charge in [0, 0.05) is 5.75 Å². The molecule has 1 aromatic rings. The summed E-state index contributed by atoms with van der Waals surface area (Å²) in [6.45, 7) is 5.92. The molecule has 0 saturated carbocycles. The van der Waals surface area contributed by atoms with Crippen LogP contribution in [0.2, 0.25) is 0 Å². The van der Waals surface area contributed by atoms with Crippen LogP contribution in [0, 0.1) is 11.8 Å². The summed E-state index contributed by atoms with van der Waals surface area (Å²) < 4.78 is 36.7. The summed E-state index contributed by atoms with van der Waals surface area (Å²) in [7, 11) is 0. The molecule has 0 amide bonds. The van der Waals surface area contributed by atoms with Gasteiger partial charge in [-0.05, 0) is 43.3 Å². The predicted molar refractivity (Wildman–Crippen MR) is 84.5 cm³/mol. The highest BCUT2D eigenvalue weighted by Crippen LogP contribution is 2.31. The fraction of sp³-hybridized carbons (Fsp3) is 0.625. The number of rotatable bonds is 9. The van der Waals surface area contributed by atoms with E-state index in [2.05, 4.69) is 19.2 Å². The minimum Gasteiger partial charge on any atom is -0.316 e. The number of nitrogens with one attached hydrogen (secondary N) is 1. The van der Waals surface area contributed by atoms with Crippen LogP contribution in [0.4, 0.5) is 13.2 Å². The first-order valence-corrected chi connectivity index (χ1v) is 8.30. The minimum absolute atomic E-state index is 0.0844. The van der Waals surface area contributed by atoms with Gasteiger partial charge in [0.25, 0.3) is 0 Å². The van der Waals surface area contributed by atoms with Crippen molar-refractivity contribution in [1.29, 1.82) is 0 Å². The average molecular weight is 319 g/mol. The normalized spacial score (nSPS) is 13.6.